The Morgan fingerprint density at radius 2 is 1.43 bits per heavy atom. The summed E-state index contributed by atoms with van der Waals surface area (Å²) in [4.78, 5) is 30.0. The minimum Gasteiger partial charge on any atom is -0.350 e. The first-order valence-electron chi connectivity index (χ1n) is 14.6. The Hall–Kier alpha value is -3.56. The van der Waals surface area contributed by atoms with E-state index in [1.807, 2.05) is 51.1 Å². The zero-order valence-electron chi connectivity index (χ0n) is 26.0. The van der Waals surface area contributed by atoms with Crippen LogP contribution in [-0.4, -0.2) is 43.3 Å². The number of aryl methyl sites for hydroxylation is 1. The normalized spacial score (nSPS) is 12.3. The van der Waals surface area contributed by atoms with Gasteiger partial charge < -0.3 is 10.2 Å². The Kier molecular flexibility index (Phi) is 11.4. The number of rotatable bonds is 11. The lowest BCUT2D eigenvalue weighted by molar-refractivity contribution is -0.140. The second-order valence-corrected chi connectivity index (χ2v) is 15.1. The maximum Gasteiger partial charge on any atom is 0.264 e. The standard InChI is InChI=1S/C35H36Cl3N3O4S/c1-24-10-8-9-13-31(24)41(46(44,45)29-18-16-27(36)17-19-29)23-33(42)40(22-26-14-15-28(37)21-30(26)38)32(34(43)39-35(2,3)4)20-25-11-6-5-7-12-25/h5-19,21,32H,20,22-23H2,1-4H3,(H,39,43)/t32-/m0/s1. The van der Waals surface area contributed by atoms with E-state index in [1.54, 1.807) is 49.4 Å². The summed E-state index contributed by atoms with van der Waals surface area (Å²) >= 11 is 18.8. The molecule has 0 aliphatic carbocycles. The molecule has 0 fully saturated rings. The van der Waals surface area contributed by atoms with E-state index in [4.69, 9.17) is 34.8 Å². The number of hydrogen-bond acceptors (Lipinski definition) is 4. The van der Waals surface area contributed by atoms with Crippen LogP contribution in [-0.2, 0) is 32.6 Å². The molecule has 4 aromatic carbocycles. The van der Waals surface area contributed by atoms with Crippen LogP contribution >= 0.6 is 34.8 Å². The number of carbonyl (C=O) groups is 2. The highest BCUT2D eigenvalue weighted by molar-refractivity contribution is 7.92. The fourth-order valence-electron chi connectivity index (χ4n) is 4.93. The van der Waals surface area contributed by atoms with Crippen molar-refractivity contribution in [2.24, 2.45) is 0 Å². The van der Waals surface area contributed by atoms with E-state index in [0.29, 0.717) is 31.9 Å². The van der Waals surface area contributed by atoms with Gasteiger partial charge in [-0.05, 0) is 86.8 Å². The number of nitrogens with one attached hydrogen (secondary N) is 1. The van der Waals surface area contributed by atoms with Gasteiger partial charge >= 0.3 is 0 Å². The van der Waals surface area contributed by atoms with Crippen LogP contribution in [0.1, 0.15) is 37.5 Å². The summed E-state index contributed by atoms with van der Waals surface area (Å²) < 4.78 is 29.4. The molecule has 0 aliphatic heterocycles. The first kappa shape index (κ1) is 35.3. The van der Waals surface area contributed by atoms with Gasteiger partial charge in [-0.3, -0.25) is 13.9 Å². The Morgan fingerprint density at radius 1 is 0.826 bits per heavy atom. The molecule has 11 heteroatoms. The van der Waals surface area contributed by atoms with Crippen molar-refractivity contribution < 1.29 is 18.0 Å². The van der Waals surface area contributed by atoms with Gasteiger partial charge in [-0.2, -0.15) is 0 Å². The van der Waals surface area contributed by atoms with Crippen molar-refractivity contribution in [3.63, 3.8) is 0 Å². The molecule has 2 amide bonds. The fraction of sp³-hybridized carbons (Fsp3) is 0.257. The summed E-state index contributed by atoms with van der Waals surface area (Å²) in [6.07, 6.45) is 0.175. The number of amides is 2. The van der Waals surface area contributed by atoms with Crippen molar-refractivity contribution in [3.05, 3.63) is 129 Å². The molecule has 0 saturated carbocycles. The van der Waals surface area contributed by atoms with E-state index in [1.165, 1.54) is 29.2 Å². The van der Waals surface area contributed by atoms with Crippen molar-refractivity contribution in [1.82, 2.24) is 10.2 Å². The lowest BCUT2D eigenvalue weighted by Crippen LogP contribution is -2.56. The zero-order chi connectivity index (χ0) is 33.6. The average molecular weight is 701 g/mol. The number of carbonyl (C=O) groups excluding carboxylic acids is 2. The lowest BCUT2D eigenvalue weighted by atomic mass is 10.0. The van der Waals surface area contributed by atoms with Gasteiger partial charge in [-0.15, -0.1) is 0 Å². The molecule has 4 aromatic rings. The number of halogens is 3. The molecule has 0 unspecified atom stereocenters. The van der Waals surface area contributed by atoms with Crippen LogP contribution in [0, 0.1) is 6.92 Å². The van der Waals surface area contributed by atoms with Crippen LogP contribution < -0.4 is 9.62 Å². The predicted octanol–water partition coefficient (Wildman–Crippen LogP) is 7.71. The third-order valence-electron chi connectivity index (χ3n) is 7.19. The third-order valence-corrected chi connectivity index (χ3v) is 9.80. The molecule has 1 atom stereocenters. The zero-order valence-corrected chi connectivity index (χ0v) is 29.1. The molecule has 0 saturated heterocycles. The first-order chi connectivity index (χ1) is 21.7. The third kappa shape index (κ3) is 9.04. The van der Waals surface area contributed by atoms with E-state index in [0.717, 1.165) is 9.87 Å². The Bertz CT molecular complexity index is 1790. The maximum absolute atomic E-state index is 14.6. The van der Waals surface area contributed by atoms with E-state index < -0.39 is 40.0 Å². The highest BCUT2D eigenvalue weighted by Crippen LogP contribution is 2.29. The van der Waals surface area contributed by atoms with E-state index >= 15 is 0 Å². The van der Waals surface area contributed by atoms with Gasteiger partial charge in [-0.1, -0.05) is 89.4 Å². The van der Waals surface area contributed by atoms with Crippen LogP contribution in [0.4, 0.5) is 5.69 Å². The molecule has 1 N–H and O–H groups in total. The first-order valence-corrected chi connectivity index (χ1v) is 17.2. The van der Waals surface area contributed by atoms with Gasteiger partial charge in [0.05, 0.1) is 10.6 Å². The number of sulfonamides is 1. The van der Waals surface area contributed by atoms with Gasteiger partial charge in [0.25, 0.3) is 10.0 Å². The van der Waals surface area contributed by atoms with Crippen molar-refractivity contribution in [3.8, 4) is 0 Å². The molecule has 0 spiro atoms. The topological polar surface area (TPSA) is 86.8 Å². The van der Waals surface area contributed by atoms with E-state index in [9.17, 15) is 18.0 Å². The summed E-state index contributed by atoms with van der Waals surface area (Å²) in [5.74, 6) is -0.991. The molecule has 0 radical (unpaired) electrons. The predicted molar refractivity (Wildman–Crippen MR) is 186 cm³/mol. The molecule has 46 heavy (non-hydrogen) atoms. The molecule has 7 nitrogen and oxygen atoms in total. The molecule has 0 aromatic heterocycles. The largest absolute Gasteiger partial charge is 0.350 e. The molecular formula is C35H36Cl3N3O4S. The van der Waals surface area contributed by atoms with Crippen LogP contribution in [0.5, 0.6) is 0 Å². The smallest absolute Gasteiger partial charge is 0.264 e. The molecule has 0 heterocycles. The van der Waals surface area contributed by atoms with E-state index in [2.05, 4.69) is 5.32 Å². The summed E-state index contributed by atoms with van der Waals surface area (Å²) in [6, 6.07) is 25.9. The molecule has 0 aliphatic rings. The van der Waals surface area contributed by atoms with Crippen molar-refractivity contribution in [2.45, 2.75) is 57.1 Å². The second-order valence-electron chi connectivity index (χ2n) is 12.0. The Labute approximate surface area is 286 Å². The van der Waals surface area contributed by atoms with Crippen LogP contribution in [0.25, 0.3) is 0 Å². The minimum absolute atomic E-state index is 0.0356. The van der Waals surface area contributed by atoms with Crippen LogP contribution in [0.3, 0.4) is 0 Å². The van der Waals surface area contributed by atoms with Gasteiger partial charge in [0.1, 0.15) is 12.6 Å². The SMILES string of the molecule is Cc1ccccc1N(CC(=O)N(Cc1ccc(Cl)cc1Cl)[C@@H](Cc1ccccc1)C(=O)NC(C)(C)C)S(=O)(=O)c1ccc(Cl)cc1. The van der Waals surface area contributed by atoms with Gasteiger partial charge in [-0.25, -0.2) is 8.42 Å². The summed E-state index contributed by atoms with van der Waals surface area (Å²) in [7, 11) is -4.26. The van der Waals surface area contributed by atoms with Crippen molar-refractivity contribution >= 4 is 62.3 Å². The van der Waals surface area contributed by atoms with Gasteiger partial charge in [0, 0.05) is 33.6 Å². The monoisotopic (exact) mass is 699 g/mol. The van der Waals surface area contributed by atoms with E-state index in [-0.39, 0.29) is 17.9 Å². The molecule has 0 bridgehead atoms. The number of nitrogens with zero attached hydrogens (tertiary/aromatic N) is 2. The number of anilines is 1. The average Bonchev–Trinajstić information content (AvgIpc) is 2.99. The molecular weight excluding hydrogens is 665 g/mol. The highest BCUT2D eigenvalue weighted by atomic mass is 35.5. The van der Waals surface area contributed by atoms with Crippen molar-refractivity contribution in [2.75, 3.05) is 10.8 Å². The van der Waals surface area contributed by atoms with Crippen LogP contribution in [0.15, 0.2) is 102 Å². The number of hydrogen-bond donors (Lipinski definition) is 1. The summed E-state index contributed by atoms with van der Waals surface area (Å²) in [6.45, 7) is 6.66. The minimum atomic E-state index is -4.26. The second kappa shape index (κ2) is 14.9. The quantitative estimate of drug-likeness (QED) is 0.174. The number of para-hydroxylation sites is 1. The van der Waals surface area contributed by atoms with Gasteiger partial charge in [0.2, 0.25) is 11.8 Å². The Morgan fingerprint density at radius 3 is 2.04 bits per heavy atom. The van der Waals surface area contributed by atoms with Crippen molar-refractivity contribution in [1.29, 1.82) is 0 Å². The maximum atomic E-state index is 14.6. The molecule has 4 rings (SSSR count). The van der Waals surface area contributed by atoms with Crippen LogP contribution in [0.2, 0.25) is 15.1 Å². The molecule has 242 valence electrons. The Balaban J connectivity index is 1.85. The lowest BCUT2D eigenvalue weighted by Gasteiger charge is -2.35. The summed E-state index contributed by atoms with van der Waals surface area (Å²) in [5, 5.41) is 4.11. The number of benzene rings is 4. The highest BCUT2D eigenvalue weighted by Gasteiger charge is 2.36. The fourth-order valence-corrected chi connectivity index (χ4v) is 7.00. The van der Waals surface area contributed by atoms with Gasteiger partial charge in [0.15, 0.2) is 0 Å². The summed E-state index contributed by atoms with van der Waals surface area (Å²) in [5.41, 5.74) is 1.73.